The highest BCUT2D eigenvalue weighted by Gasteiger charge is 2.34. The number of aryl methyl sites for hydroxylation is 1. The van der Waals surface area contributed by atoms with Gasteiger partial charge in [-0.1, -0.05) is 5.16 Å². The Morgan fingerprint density at radius 2 is 2.04 bits per heavy atom. The quantitative estimate of drug-likeness (QED) is 0.611. The number of hydrogen-bond acceptors (Lipinski definition) is 5. The van der Waals surface area contributed by atoms with E-state index in [1.165, 1.54) is 11.3 Å². The van der Waals surface area contributed by atoms with E-state index < -0.39 is 17.5 Å². The molecule has 5 nitrogen and oxygen atoms in total. The SMILES string of the molecule is Cc1nc(-c2onc3c2[C@H](C)N(C(=O)Cc2cc(F)c(F)c(F)c2)CC3)cs1. The molecule has 0 spiro atoms. The monoisotopic (exact) mass is 407 g/mol. The van der Waals surface area contributed by atoms with Gasteiger partial charge < -0.3 is 9.42 Å². The van der Waals surface area contributed by atoms with Crippen molar-refractivity contribution in [1.29, 1.82) is 0 Å². The summed E-state index contributed by atoms with van der Waals surface area (Å²) in [6.45, 7) is 4.14. The predicted octanol–water partition coefficient (Wildman–Crippen LogP) is 4.21. The molecule has 0 saturated carbocycles. The number of carbonyl (C=O) groups is 1. The largest absolute Gasteiger partial charge is 0.354 e. The molecule has 0 fully saturated rings. The van der Waals surface area contributed by atoms with Crippen LogP contribution in [-0.4, -0.2) is 27.5 Å². The van der Waals surface area contributed by atoms with Crippen LogP contribution in [0.4, 0.5) is 13.2 Å². The highest BCUT2D eigenvalue weighted by Crippen LogP contribution is 2.37. The second-order valence-electron chi connectivity index (χ2n) is 6.69. The Labute approximate surface area is 162 Å². The molecule has 1 aliphatic rings. The van der Waals surface area contributed by atoms with Crippen molar-refractivity contribution in [3.8, 4) is 11.5 Å². The van der Waals surface area contributed by atoms with E-state index in [0.717, 1.165) is 28.4 Å². The maximum Gasteiger partial charge on any atom is 0.227 e. The minimum absolute atomic E-state index is 0.0834. The second kappa shape index (κ2) is 7.05. The van der Waals surface area contributed by atoms with Crippen LogP contribution in [0.2, 0.25) is 0 Å². The zero-order chi connectivity index (χ0) is 20.0. The summed E-state index contributed by atoms with van der Waals surface area (Å²) < 4.78 is 45.5. The van der Waals surface area contributed by atoms with Crippen molar-refractivity contribution in [1.82, 2.24) is 15.0 Å². The Balaban J connectivity index is 1.60. The molecular formula is C19H16F3N3O2S. The van der Waals surface area contributed by atoms with Gasteiger partial charge in [-0.2, -0.15) is 0 Å². The molecule has 3 heterocycles. The van der Waals surface area contributed by atoms with E-state index in [4.69, 9.17) is 4.52 Å². The third kappa shape index (κ3) is 3.19. The van der Waals surface area contributed by atoms with Crippen molar-refractivity contribution >= 4 is 17.2 Å². The van der Waals surface area contributed by atoms with Gasteiger partial charge in [0.2, 0.25) is 5.91 Å². The molecule has 9 heteroatoms. The molecule has 0 unspecified atom stereocenters. The molecule has 0 aliphatic carbocycles. The fourth-order valence-electron chi connectivity index (χ4n) is 3.50. The molecule has 28 heavy (non-hydrogen) atoms. The Hall–Kier alpha value is -2.68. The van der Waals surface area contributed by atoms with Gasteiger partial charge in [-0.05, 0) is 31.5 Å². The molecular weight excluding hydrogens is 391 g/mol. The molecule has 0 N–H and O–H groups in total. The summed E-state index contributed by atoms with van der Waals surface area (Å²) in [5, 5.41) is 6.87. The van der Waals surface area contributed by atoms with Gasteiger partial charge in [0.1, 0.15) is 5.69 Å². The van der Waals surface area contributed by atoms with Crippen molar-refractivity contribution in [2.75, 3.05) is 6.54 Å². The van der Waals surface area contributed by atoms with E-state index in [0.29, 0.717) is 24.4 Å². The van der Waals surface area contributed by atoms with Crippen molar-refractivity contribution in [3.05, 3.63) is 56.8 Å². The molecule has 1 atom stereocenters. The Morgan fingerprint density at radius 1 is 1.32 bits per heavy atom. The molecule has 2 aromatic heterocycles. The van der Waals surface area contributed by atoms with Gasteiger partial charge in [0.05, 0.1) is 23.2 Å². The lowest BCUT2D eigenvalue weighted by atomic mass is 9.96. The van der Waals surface area contributed by atoms with Crippen LogP contribution in [0.25, 0.3) is 11.5 Å². The number of amides is 1. The van der Waals surface area contributed by atoms with E-state index in [1.807, 2.05) is 19.2 Å². The van der Waals surface area contributed by atoms with Gasteiger partial charge in [0.15, 0.2) is 23.2 Å². The Bertz CT molecular complexity index is 1040. The molecule has 1 aliphatic heterocycles. The molecule has 0 radical (unpaired) electrons. The van der Waals surface area contributed by atoms with Gasteiger partial charge in [-0.3, -0.25) is 4.79 Å². The lowest BCUT2D eigenvalue weighted by molar-refractivity contribution is -0.133. The summed E-state index contributed by atoms with van der Waals surface area (Å²) in [4.78, 5) is 18.8. The van der Waals surface area contributed by atoms with E-state index in [9.17, 15) is 18.0 Å². The topological polar surface area (TPSA) is 59.2 Å². The molecule has 1 aromatic carbocycles. The first-order chi connectivity index (χ1) is 13.3. The molecule has 3 aromatic rings. The van der Waals surface area contributed by atoms with Crippen LogP contribution in [-0.2, 0) is 17.6 Å². The first-order valence-electron chi connectivity index (χ1n) is 8.69. The Kier molecular flexibility index (Phi) is 4.70. The number of hydrogen-bond donors (Lipinski definition) is 0. The van der Waals surface area contributed by atoms with Crippen molar-refractivity contribution in [2.45, 2.75) is 32.7 Å². The lowest BCUT2D eigenvalue weighted by Gasteiger charge is -2.33. The number of rotatable bonds is 3. The Morgan fingerprint density at radius 3 is 2.68 bits per heavy atom. The van der Waals surface area contributed by atoms with E-state index in [1.54, 1.807) is 4.90 Å². The average Bonchev–Trinajstić information content (AvgIpc) is 3.26. The van der Waals surface area contributed by atoms with E-state index >= 15 is 0 Å². The van der Waals surface area contributed by atoms with Crippen LogP contribution in [0, 0.1) is 24.4 Å². The lowest BCUT2D eigenvalue weighted by Crippen LogP contribution is -2.39. The molecule has 0 bridgehead atoms. The van der Waals surface area contributed by atoms with E-state index in [2.05, 4.69) is 10.1 Å². The summed E-state index contributed by atoms with van der Waals surface area (Å²) in [5.41, 5.74) is 2.32. The summed E-state index contributed by atoms with van der Waals surface area (Å²) in [6, 6.07) is 1.35. The van der Waals surface area contributed by atoms with Crippen LogP contribution in [0.5, 0.6) is 0 Å². The zero-order valence-electron chi connectivity index (χ0n) is 15.1. The van der Waals surface area contributed by atoms with Crippen LogP contribution < -0.4 is 0 Å². The van der Waals surface area contributed by atoms with Gasteiger partial charge in [0.25, 0.3) is 0 Å². The highest BCUT2D eigenvalue weighted by atomic mass is 32.1. The molecule has 146 valence electrons. The zero-order valence-corrected chi connectivity index (χ0v) is 15.9. The first kappa shape index (κ1) is 18.7. The predicted molar refractivity (Wildman–Crippen MR) is 96.2 cm³/mol. The number of aromatic nitrogens is 2. The van der Waals surface area contributed by atoms with Crippen molar-refractivity contribution in [3.63, 3.8) is 0 Å². The maximum absolute atomic E-state index is 13.4. The van der Waals surface area contributed by atoms with Crippen LogP contribution >= 0.6 is 11.3 Å². The molecule has 0 saturated heterocycles. The smallest absolute Gasteiger partial charge is 0.227 e. The number of carbonyl (C=O) groups excluding carboxylic acids is 1. The molecule has 4 rings (SSSR count). The summed E-state index contributed by atoms with van der Waals surface area (Å²) >= 11 is 1.49. The third-order valence-corrected chi connectivity index (χ3v) is 5.62. The summed E-state index contributed by atoms with van der Waals surface area (Å²) in [6.07, 6.45) is 0.272. The second-order valence-corrected chi connectivity index (χ2v) is 7.75. The fraction of sp³-hybridized carbons (Fsp3) is 0.316. The van der Waals surface area contributed by atoms with Gasteiger partial charge in [-0.25, -0.2) is 18.2 Å². The van der Waals surface area contributed by atoms with Crippen LogP contribution in [0.15, 0.2) is 22.0 Å². The average molecular weight is 407 g/mol. The van der Waals surface area contributed by atoms with Crippen molar-refractivity contribution in [2.24, 2.45) is 0 Å². The van der Waals surface area contributed by atoms with Gasteiger partial charge >= 0.3 is 0 Å². The minimum Gasteiger partial charge on any atom is -0.354 e. The van der Waals surface area contributed by atoms with Crippen LogP contribution in [0.1, 0.15) is 34.8 Å². The van der Waals surface area contributed by atoms with Gasteiger partial charge in [0, 0.05) is 23.9 Å². The number of halogens is 3. The van der Waals surface area contributed by atoms with E-state index in [-0.39, 0.29) is 23.9 Å². The maximum atomic E-state index is 13.4. The number of fused-ring (bicyclic) bond motifs is 1. The number of benzene rings is 1. The third-order valence-electron chi connectivity index (χ3n) is 4.85. The fourth-order valence-corrected chi connectivity index (χ4v) is 4.09. The molecule has 1 amide bonds. The van der Waals surface area contributed by atoms with Crippen molar-refractivity contribution < 1.29 is 22.5 Å². The summed E-state index contributed by atoms with van der Waals surface area (Å²) in [5.74, 6) is -3.94. The summed E-state index contributed by atoms with van der Waals surface area (Å²) in [7, 11) is 0. The number of thiazole rings is 1. The number of nitrogens with zero attached hydrogens (tertiary/aromatic N) is 3. The van der Waals surface area contributed by atoms with Crippen LogP contribution in [0.3, 0.4) is 0 Å². The van der Waals surface area contributed by atoms with Gasteiger partial charge in [-0.15, -0.1) is 11.3 Å². The first-order valence-corrected chi connectivity index (χ1v) is 9.57. The highest BCUT2D eigenvalue weighted by molar-refractivity contribution is 7.09. The minimum atomic E-state index is -1.54. The standard InChI is InChI=1S/C19H16F3N3O2S/c1-9-17-14(24-27-19(17)15-8-28-10(2)23-15)3-4-25(9)16(26)7-11-5-12(20)18(22)13(21)6-11/h5-6,8-9H,3-4,7H2,1-2H3/t9-/m0/s1. The normalized spacial score (nSPS) is 16.3.